The average molecular weight is 307 g/mol. The highest BCUT2D eigenvalue weighted by Gasteiger charge is 2.32. The summed E-state index contributed by atoms with van der Waals surface area (Å²) in [4.78, 5) is 1.04. The highest BCUT2D eigenvalue weighted by molar-refractivity contribution is 7.91. The van der Waals surface area contributed by atoms with Gasteiger partial charge in [0.1, 0.15) is 4.21 Å². The molecule has 1 aliphatic heterocycles. The molecule has 2 aliphatic rings. The molecule has 0 aromatic carbocycles. The van der Waals surface area contributed by atoms with Crippen molar-refractivity contribution in [1.29, 1.82) is 0 Å². The quantitative estimate of drug-likeness (QED) is 0.868. The largest absolute Gasteiger partial charge is 0.316 e. The van der Waals surface area contributed by atoms with E-state index in [4.69, 9.17) is 5.14 Å². The number of hydrogen-bond acceptors (Lipinski definition) is 4. The molecule has 1 saturated heterocycles. The maximum absolute atomic E-state index is 11.2. The second kappa shape index (κ2) is 4.94. The minimum absolute atomic E-state index is 0. The molecule has 0 spiro atoms. The molecular weight excluding hydrogens is 292 g/mol. The number of primary sulfonamides is 1. The Kier molecular flexibility index (Phi) is 3.85. The van der Waals surface area contributed by atoms with Crippen LogP contribution in [0.3, 0.4) is 0 Å². The Labute approximate surface area is 117 Å². The summed E-state index contributed by atoms with van der Waals surface area (Å²) in [5.74, 6) is 1.30. The van der Waals surface area contributed by atoms with Gasteiger partial charge in [0.2, 0.25) is 10.0 Å². The fourth-order valence-electron chi connectivity index (χ4n) is 2.61. The van der Waals surface area contributed by atoms with Gasteiger partial charge >= 0.3 is 0 Å². The topological polar surface area (TPSA) is 72.2 Å². The highest BCUT2D eigenvalue weighted by atomic mass is 35.5. The number of rotatable bonds is 2. The van der Waals surface area contributed by atoms with Crippen LogP contribution in [0.1, 0.15) is 11.3 Å². The minimum atomic E-state index is -3.55. The fraction of sp³-hybridized carbons (Fsp3) is 0.455. The number of hydrogen-bond donors (Lipinski definition) is 2. The summed E-state index contributed by atoms with van der Waals surface area (Å²) >= 11 is 1.27. The third-order valence-electron chi connectivity index (χ3n) is 3.47. The summed E-state index contributed by atoms with van der Waals surface area (Å²) in [7, 11) is -3.55. The van der Waals surface area contributed by atoms with E-state index in [0.717, 1.165) is 24.4 Å². The number of allylic oxidation sites excluding steroid dienone is 1. The lowest BCUT2D eigenvalue weighted by atomic mass is 10.00. The molecular formula is C11H15ClN2O2S2. The van der Waals surface area contributed by atoms with E-state index in [1.165, 1.54) is 16.9 Å². The van der Waals surface area contributed by atoms with Crippen molar-refractivity contribution in [2.24, 2.45) is 17.0 Å². The van der Waals surface area contributed by atoms with Crippen LogP contribution in [0.5, 0.6) is 0 Å². The number of halogens is 1. The molecule has 1 aliphatic carbocycles. The summed E-state index contributed by atoms with van der Waals surface area (Å²) < 4.78 is 22.7. The predicted octanol–water partition coefficient (Wildman–Crippen LogP) is 1.44. The Hall–Kier alpha value is -0.400. The maximum Gasteiger partial charge on any atom is 0.247 e. The van der Waals surface area contributed by atoms with Crippen LogP contribution in [-0.4, -0.2) is 21.5 Å². The lowest BCUT2D eigenvalue weighted by Gasteiger charge is -2.04. The summed E-state index contributed by atoms with van der Waals surface area (Å²) in [5.41, 5.74) is 1.28. The van der Waals surface area contributed by atoms with Crippen molar-refractivity contribution in [3.63, 3.8) is 0 Å². The van der Waals surface area contributed by atoms with Gasteiger partial charge in [0.25, 0.3) is 0 Å². The van der Waals surface area contributed by atoms with Crippen molar-refractivity contribution in [2.75, 3.05) is 13.1 Å². The SMILES string of the molecule is Cl.NS(=O)(=O)c1ccc(C2=C[C@H]3CNC[C@H]3C2)s1. The van der Waals surface area contributed by atoms with E-state index in [0.29, 0.717) is 11.8 Å². The summed E-state index contributed by atoms with van der Waals surface area (Å²) in [5, 5.41) is 8.48. The van der Waals surface area contributed by atoms with Gasteiger partial charge in [-0.3, -0.25) is 0 Å². The van der Waals surface area contributed by atoms with Gasteiger partial charge in [-0.15, -0.1) is 23.7 Å². The molecule has 7 heteroatoms. The molecule has 0 amide bonds. The fourth-order valence-corrected chi connectivity index (χ4v) is 4.37. The molecule has 4 nitrogen and oxygen atoms in total. The monoisotopic (exact) mass is 306 g/mol. The molecule has 1 aromatic heterocycles. The van der Waals surface area contributed by atoms with Crippen LogP contribution in [0.4, 0.5) is 0 Å². The van der Waals surface area contributed by atoms with Crippen LogP contribution in [-0.2, 0) is 10.0 Å². The van der Waals surface area contributed by atoms with Gasteiger partial charge in [0.15, 0.2) is 0 Å². The lowest BCUT2D eigenvalue weighted by Crippen LogP contribution is -2.09. The Morgan fingerprint density at radius 1 is 1.33 bits per heavy atom. The zero-order valence-corrected chi connectivity index (χ0v) is 12.1. The van der Waals surface area contributed by atoms with Crippen molar-refractivity contribution >= 4 is 39.3 Å². The van der Waals surface area contributed by atoms with Gasteiger partial charge in [-0.05, 0) is 42.5 Å². The number of nitrogens with one attached hydrogen (secondary N) is 1. The zero-order chi connectivity index (χ0) is 12.0. The molecule has 0 bridgehead atoms. The van der Waals surface area contributed by atoms with Gasteiger partial charge in [-0.25, -0.2) is 13.6 Å². The van der Waals surface area contributed by atoms with Crippen LogP contribution < -0.4 is 10.5 Å². The van der Waals surface area contributed by atoms with E-state index < -0.39 is 10.0 Å². The normalized spacial score (nSPS) is 26.6. The Morgan fingerprint density at radius 3 is 2.72 bits per heavy atom. The number of thiophene rings is 1. The van der Waals surface area contributed by atoms with Gasteiger partial charge in [-0.1, -0.05) is 6.08 Å². The van der Waals surface area contributed by atoms with Gasteiger partial charge in [-0.2, -0.15) is 0 Å². The summed E-state index contributed by atoms with van der Waals surface area (Å²) in [6, 6.07) is 3.47. The van der Waals surface area contributed by atoms with Crippen molar-refractivity contribution in [3.05, 3.63) is 23.1 Å². The van der Waals surface area contributed by atoms with E-state index in [1.807, 2.05) is 6.07 Å². The molecule has 1 aromatic rings. The molecule has 0 saturated carbocycles. The first-order valence-corrected chi connectivity index (χ1v) is 7.95. The molecule has 2 heterocycles. The molecule has 1 fully saturated rings. The summed E-state index contributed by atoms with van der Waals surface area (Å²) in [6.07, 6.45) is 3.33. The van der Waals surface area contributed by atoms with E-state index in [-0.39, 0.29) is 16.6 Å². The van der Waals surface area contributed by atoms with Crippen molar-refractivity contribution in [1.82, 2.24) is 5.32 Å². The van der Waals surface area contributed by atoms with E-state index in [2.05, 4.69) is 11.4 Å². The second-order valence-corrected chi connectivity index (χ2v) is 7.51. The molecule has 3 N–H and O–H groups in total. The van der Waals surface area contributed by atoms with Crippen molar-refractivity contribution in [3.8, 4) is 0 Å². The van der Waals surface area contributed by atoms with Gasteiger partial charge in [0, 0.05) is 11.4 Å². The van der Waals surface area contributed by atoms with Crippen LogP contribution in [0.25, 0.3) is 5.57 Å². The maximum atomic E-state index is 11.2. The summed E-state index contributed by atoms with van der Waals surface area (Å²) in [6.45, 7) is 2.11. The van der Waals surface area contributed by atoms with Gasteiger partial charge < -0.3 is 5.32 Å². The van der Waals surface area contributed by atoms with Crippen LogP contribution in [0.2, 0.25) is 0 Å². The van der Waals surface area contributed by atoms with Gasteiger partial charge in [0.05, 0.1) is 0 Å². The van der Waals surface area contributed by atoms with Crippen LogP contribution in [0, 0.1) is 11.8 Å². The van der Waals surface area contributed by atoms with Crippen molar-refractivity contribution in [2.45, 2.75) is 10.6 Å². The first-order valence-electron chi connectivity index (χ1n) is 5.58. The van der Waals surface area contributed by atoms with E-state index in [1.54, 1.807) is 6.07 Å². The molecule has 18 heavy (non-hydrogen) atoms. The molecule has 100 valence electrons. The first-order chi connectivity index (χ1) is 8.04. The molecule has 2 atom stereocenters. The van der Waals surface area contributed by atoms with Crippen molar-refractivity contribution < 1.29 is 8.42 Å². The van der Waals surface area contributed by atoms with E-state index in [9.17, 15) is 8.42 Å². The number of nitrogens with two attached hydrogens (primary N) is 1. The average Bonchev–Trinajstić information content (AvgIpc) is 2.90. The number of sulfonamides is 1. The molecule has 3 rings (SSSR count). The smallest absolute Gasteiger partial charge is 0.247 e. The molecule has 0 radical (unpaired) electrons. The standard InChI is InChI=1S/C11H14N2O2S2.ClH/c12-17(14,15)11-2-1-10(16-11)7-3-8-5-13-6-9(8)4-7;/h1-3,8-9,13H,4-6H2,(H2,12,14,15);1H/t8-,9+;/m0./s1. The minimum Gasteiger partial charge on any atom is -0.316 e. The third-order valence-corrected chi connectivity index (χ3v) is 6.07. The Morgan fingerprint density at radius 2 is 2.11 bits per heavy atom. The zero-order valence-electron chi connectivity index (χ0n) is 9.63. The molecule has 0 unspecified atom stereocenters. The highest BCUT2D eigenvalue weighted by Crippen LogP contribution is 2.40. The predicted molar refractivity (Wildman–Crippen MR) is 75.4 cm³/mol. The number of fused-ring (bicyclic) bond motifs is 1. The van der Waals surface area contributed by atoms with Crippen LogP contribution in [0.15, 0.2) is 22.4 Å². The Bertz CT molecular complexity index is 580. The van der Waals surface area contributed by atoms with Crippen LogP contribution >= 0.6 is 23.7 Å². The third kappa shape index (κ3) is 2.48. The first kappa shape index (κ1) is 14.0. The Balaban J connectivity index is 0.00000120. The lowest BCUT2D eigenvalue weighted by molar-refractivity contribution is 0.536. The van der Waals surface area contributed by atoms with E-state index >= 15 is 0 Å². The second-order valence-electron chi connectivity index (χ2n) is 4.64.